The molecule has 0 spiro atoms. The molecule has 0 aromatic carbocycles. The van der Waals surface area contributed by atoms with E-state index in [2.05, 4.69) is 6.92 Å². The first-order valence-electron chi connectivity index (χ1n) is 7.24. The van der Waals surface area contributed by atoms with Crippen LogP contribution in [0.4, 0.5) is 13.2 Å². The van der Waals surface area contributed by atoms with Gasteiger partial charge in [-0.05, 0) is 20.3 Å². The molecule has 22 heavy (non-hydrogen) atoms. The first-order chi connectivity index (χ1) is 9.73. The Hall–Kier alpha value is -0.380. The third-order valence-corrected chi connectivity index (χ3v) is 3.57. The molecule has 0 aliphatic carbocycles. The summed E-state index contributed by atoms with van der Waals surface area (Å²) < 4.78 is 57.5. The highest BCUT2D eigenvalue weighted by Gasteiger charge is 2.44. The fraction of sp³-hybridized carbons (Fsp3) is 1.00. The van der Waals surface area contributed by atoms with E-state index in [1.165, 1.54) is 32.1 Å². The van der Waals surface area contributed by atoms with E-state index in [1.807, 2.05) is 13.8 Å². The minimum absolute atomic E-state index is 0.353. The average molecular weight is 351 g/mol. The van der Waals surface area contributed by atoms with Crippen LogP contribution in [0.25, 0.3) is 0 Å². The predicted molar refractivity (Wildman–Crippen MR) is 79.9 cm³/mol. The van der Waals surface area contributed by atoms with Crippen molar-refractivity contribution in [1.29, 1.82) is 0 Å². The first kappa shape index (κ1) is 23.9. The number of unbranched alkanes of at least 4 members (excludes halogenated alkanes) is 5. The summed E-state index contributed by atoms with van der Waals surface area (Å²) in [5, 5.41) is 9.66. The fourth-order valence-electron chi connectivity index (χ4n) is 1.49. The van der Waals surface area contributed by atoms with Crippen LogP contribution in [-0.2, 0) is 10.1 Å². The van der Waals surface area contributed by atoms with Crippen molar-refractivity contribution in [3.63, 3.8) is 0 Å². The monoisotopic (exact) mass is 351 g/mol. The van der Waals surface area contributed by atoms with Crippen LogP contribution in [0.1, 0.15) is 65.7 Å². The number of aliphatic hydroxyl groups excluding tert-OH is 1. The average Bonchev–Trinajstić information content (AvgIpc) is 2.30. The summed E-state index contributed by atoms with van der Waals surface area (Å²) in [6, 6.07) is 0. The van der Waals surface area contributed by atoms with Gasteiger partial charge >= 0.3 is 15.6 Å². The van der Waals surface area contributed by atoms with E-state index >= 15 is 0 Å². The zero-order chi connectivity index (χ0) is 18.0. The van der Waals surface area contributed by atoms with Crippen molar-refractivity contribution in [3.05, 3.63) is 0 Å². The molecule has 9 heteroatoms. The number of aliphatic hydroxyl groups is 1. The molecule has 0 saturated heterocycles. The van der Waals surface area contributed by atoms with Crippen molar-refractivity contribution in [2.75, 3.05) is 0 Å². The van der Waals surface area contributed by atoms with Crippen LogP contribution in [-0.4, -0.2) is 35.2 Å². The van der Waals surface area contributed by atoms with Crippen molar-refractivity contribution >= 4 is 10.1 Å². The Balaban J connectivity index is 0. The van der Waals surface area contributed by atoms with Crippen LogP contribution in [0.3, 0.4) is 0 Å². The second-order valence-electron chi connectivity index (χ2n) is 5.81. The second kappa shape index (κ2) is 10.4. The Kier molecular flexibility index (Phi) is 11.3. The van der Waals surface area contributed by atoms with Crippen LogP contribution in [0, 0.1) is 0 Å². The van der Waals surface area contributed by atoms with Gasteiger partial charge in [0.25, 0.3) is 0 Å². The van der Waals surface area contributed by atoms with E-state index in [4.69, 9.17) is 18.7 Å². The van der Waals surface area contributed by atoms with Crippen LogP contribution >= 0.6 is 0 Å². The van der Waals surface area contributed by atoms with Gasteiger partial charge < -0.3 is 10.8 Å². The third kappa shape index (κ3) is 13.3. The summed E-state index contributed by atoms with van der Waals surface area (Å²) >= 11 is 0. The summed E-state index contributed by atoms with van der Waals surface area (Å²) in [6.45, 7) is 5.99. The summed E-state index contributed by atoms with van der Waals surface area (Å²) in [7, 11) is -5.84. The van der Waals surface area contributed by atoms with Gasteiger partial charge in [-0.2, -0.15) is 21.6 Å². The molecular weight excluding hydrogens is 323 g/mol. The van der Waals surface area contributed by atoms with Crippen LogP contribution < -0.4 is 5.73 Å². The minimum Gasteiger partial charge on any atom is -0.391 e. The number of halogens is 3. The highest BCUT2D eigenvalue weighted by molar-refractivity contribution is 7.86. The number of rotatable bonds is 8. The van der Waals surface area contributed by atoms with Crippen LogP contribution in [0.15, 0.2) is 0 Å². The van der Waals surface area contributed by atoms with Crippen LogP contribution in [0.2, 0.25) is 0 Å². The maximum Gasteiger partial charge on any atom is 0.522 e. The van der Waals surface area contributed by atoms with Crippen molar-refractivity contribution in [3.8, 4) is 0 Å². The second-order valence-corrected chi connectivity index (χ2v) is 7.23. The molecule has 0 saturated carbocycles. The van der Waals surface area contributed by atoms with Gasteiger partial charge in [0, 0.05) is 5.54 Å². The van der Waals surface area contributed by atoms with Gasteiger partial charge in [-0.15, -0.1) is 0 Å². The lowest BCUT2D eigenvalue weighted by Gasteiger charge is -2.25. The Morgan fingerprint density at radius 1 is 1.05 bits per heavy atom. The molecular formula is C13H28F3NO4S. The standard InChI is InChI=1S/C12H27NO.CHF3O3S/c1-4-5-6-7-8-9-10-11(14)12(2,3)13;2-1(3,4)8(5,6)7/h11,14H,4-10,13H2,1-3H3;(H,5,6,7). The normalized spacial score (nSPS) is 14.2. The Bertz CT molecular complexity index is 378. The summed E-state index contributed by atoms with van der Waals surface area (Å²) in [5.41, 5.74) is -0.184. The molecule has 0 aliphatic rings. The van der Waals surface area contributed by atoms with Gasteiger partial charge in [-0.25, -0.2) is 0 Å². The first-order valence-corrected chi connectivity index (χ1v) is 8.68. The lowest BCUT2D eigenvalue weighted by Crippen LogP contribution is -2.44. The molecule has 0 aromatic heterocycles. The summed E-state index contributed by atoms with van der Waals surface area (Å²) in [4.78, 5) is 0. The van der Waals surface area contributed by atoms with Crippen molar-refractivity contribution in [1.82, 2.24) is 0 Å². The highest BCUT2D eigenvalue weighted by atomic mass is 32.2. The molecule has 4 N–H and O–H groups in total. The van der Waals surface area contributed by atoms with Crippen molar-refractivity contribution in [2.24, 2.45) is 5.73 Å². The molecule has 0 aromatic rings. The molecule has 0 amide bonds. The SMILES string of the molecule is CCCCCCCCC(O)C(C)(C)N.O=S(=O)(O)C(F)(F)F. The van der Waals surface area contributed by atoms with Gasteiger partial charge in [0.2, 0.25) is 0 Å². The quantitative estimate of drug-likeness (QED) is 0.354. The van der Waals surface area contributed by atoms with Gasteiger partial charge in [0.1, 0.15) is 0 Å². The van der Waals surface area contributed by atoms with Crippen molar-refractivity contribution < 1.29 is 31.2 Å². The predicted octanol–water partition coefficient (Wildman–Crippen LogP) is 3.23. The van der Waals surface area contributed by atoms with Gasteiger partial charge in [-0.3, -0.25) is 4.55 Å². The van der Waals surface area contributed by atoms with Gasteiger partial charge in [-0.1, -0.05) is 45.4 Å². The van der Waals surface area contributed by atoms with E-state index in [0.29, 0.717) is 0 Å². The molecule has 0 rings (SSSR count). The Labute approximate surface area is 130 Å². The Morgan fingerprint density at radius 3 is 1.73 bits per heavy atom. The largest absolute Gasteiger partial charge is 0.522 e. The smallest absolute Gasteiger partial charge is 0.391 e. The molecule has 5 nitrogen and oxygen atoms in total. The number of hydrogen-bond acceptors (Lipinski definition) is 4. The highest BCUT2D eigenvalue weighted by Crippen LogP contribution is 2.20. The molecule has 1 unspecified atom stereocenters. The molecule has 0 bridgehead atoms. The molecule has 0 fully saturated rings. The zero-order valence-electron chi connectivity index (χ0n) is 13.4. The van der Waals surface area contributed by atoms with Crippen LogP contribution in [0.5, 0.6) is 0 Å². The third-order valence-electron chi connectivity index (χ3n) is 2.98. The topological polar surface area (TPSA) is 101 Å². The Morgan fingerprint density at radius 2 is 1.41 bits per heavy atom. The molecule has 136 valence electrons. The lowest BCUT2D eigenvalue weighted by molar-refractivity contribution is -0.0510. The van der Waals surface area contributed by atoms with E-state index in [-0.39, 0.29) is 6.10 Å². The molecule has 0 aliphatic heterocycles. The summed E-state index contributed by atoms with van der Waals surface area (Å²) in [6.07, 6.45) is 8.08. The number of hydrogen-bond donors (Lipinski definition) is 3. The molecule has 0 heterocycles. The van der Waals surface area contributed by atoms with E-state index in [0.717, 1.165) is 12.8 Å². The minimum atomic E-state index is -5.84. The maximum atomic E-state index is 10.7. The molecule has 0 radical (unpaired) electrons. The van der Waals surface area contributed by atoms with Gasteiger partial charge in [0.05, 0.1) is 6.10 Å². The number of alkyl halides is 3. The van der Waals surface area contributed by atoms with Crippen molar-refractivity contribution in [2.45, 2.75) is 82.9 Å². The molecule has 1 atom stereocenters. The van der Waals surface area contributed by atoms with E-state index in [9.17, 15) is 18.3 Å². The zero-order valence-corrected chi connectivity index (χ0v) is 14.2. The van der Waals surface area contributed by atoms with E-state index < -0.39 is 21.2 Å². The summed E-state index contributed by atoms with van der Waals surface area (Å²) in [5.74, 6) is 0. The maximum absolute atomic E-state index is 10.7. The van der Waals surface area contributed by atoms with Gasteiger partial charge in [0.15, 0.2) is 0 Å². The fourth-order valence-corrected chi connectivity index (χ4v) is 1.49. The number of nitrogens with two attached hydrogens (primary N) is 1. The lowest BCUT2D eigenvalue weighted by atomic mass is 9.94. The van der Waals surface area contributed by atoms with E-state index in [1.54, 1.807) is 0 Å².